The summed E-state index contributed by atoms with van der Waals surface area (Å²) in [7, 11) is -0.781. The number of nitrogens with zero attached hydrogens (tertiary/aromatic N) is 2. The van der Waals surface area contributed by atoms with Gasteiger partial charge in [-0.05, 0) is 30.9 Å². The fourth-order valence-corrected chi connectivity index (χ4v) is 5.66. The van der Waals surface area contributed by atoms with Crippen LogP contribution in [0.5, 0.6) is 11.5 Å². The Hall–Kier alpha value is -1.80. The minimum Gasteiger partial charge on any atom is -0.497 e. The van der Waals surface area contributed by atoms with Crippen molar-refractivity contribution in [3.05, 3.63) is 18.2 Å². The van der Waals surface area contributed by atoms with E-state index in [9.17, 15) is 13.2 Å². The van der Waals surface area contributed by atoms with Crippen molar-refractivity contribution in [1.82, 2.24) is 9.21 Å². The molecule has 0 radical (unpaired) electrons. The lowest BCUT2D eigenvalue weighted by Crippen LogP contribution is -2.50. The maximum atomic E-state index is 13.1. The van der Waals surface area contributed by atoms with E-state index in [4.69, 9.17) is 9.47 Å². The van der Waals surface area contributed by atoms with Crippen LogP contribution >= 0.6 is 0 Å². The largest absolute Gasteiger partial charge is 0.497 e. The molecule has 0 atom stereocenters. The van der Waals surface area contributed by atoms with Gasteiger partial charge in [-0.25, -0.2) is 8.42 Å². The van der Waals surface area contributed by atoms with Crippen LogP contribution in [-0.4, -0.2) is 63.9 Å². The Morgan fingerprint density at radius 3 is 2.32 bits per heavy atom. The number of amides is 1. The molecule has 0 unspecified atom stereocenters. The molecular formula is C20H30N2O5S. The Morgan fingerprint density at radius 2 is 1.71 bits per heavy atom. The molecule has 28 heavy (non-hydrogen) atoms. The molecule has 0 aromatic heterocycles. The summed E-state index contributed by atoms with van der Waals surface area (Å²) in [6.07, 6.45) is 6.57. The predicted octanol–water partition coefficient (Wildman–Crippen LogP) is 2.51. The van der Waals surface area contributed by atoms with Crippen LogP contribution in [-0.2, 0) is 14.8 Å². The van der Waals surface area contributed by atoms with E-state index in [-0.39, 0.29) is 16.6 Å². The van der Waals surface area contributed by atoms with Crippen LogP contribution in [0.15, 0.2) is 23.1 Å². The molecule has 2 fully saturated rings. The zero-order valence-electron chi connectivity index (χ0n) is 16.7. The molecular weight excluding hydrogens is 380 g/mol. The van der Waals surface area contributed by atoms with E-state index in [0.717, 1.165) is 12.8 Å². The summed E-state index contributed by atoms with van der Waals surface area (Å²) in [5.74, 6) is 1.39. The number of sulfonamides is 1. The van der Waals surface area contributed by atoms with Crippen LogP contribution in [0.1, 0.15) is 38.5 Å². The number of carbonyl (C=O) groups is 1. The fourth-order valence-electron chi connectivity index (χ4n) is 4.07. The fraction of sp³-hybridized carbons (Fsp3) is 0.650. The van der Waals surface area contributed by atoms with Crippen LogP contribution in [0.4, 0.5) is 0 Å². The molecule has 1 aromatic rings. The molecule has 1 saturated carbocycles. The molecule has 1 heterocycles. The molecule has 1 aromatic carbocycles. The van der Waals surface area contributed by atoms with Gasteiger partial charge in [-0.3, -0.25) is 4.79 Å². The maximum Gasteiger partial charge on any atom is 0.247 e. The van der Waals surface area contributed by atoms with Crippen molar-refractivity contribution >= 4 is 15.9 Å². The standard InChI is InChI=1S/C20H30N2O5S/c1-26-17-8-9-18(27-2)19(15-17)28(24,25)22-12-10-21(11-13-22)20(23)14-16-6-4-3-5-7-16/h8-9,15-16H,3-7,10-14H2,1-2H3. The second-order valence-electron chi connectivity index (χ2n) is 7.51. The lowest BCUT2D eigenvalue weighted by molar-refractivity contribution is -0.133. The van der Waals surface area contributed by atoms with Gasteiger partial charge in [-0.15, -0.1) is 0 Å². The predicted molar refractivity (Wildman–Crippen MR) is 106 cm³/mol. The molecule has 3 rings (SSSR count). The summed E-state index contributed by atoms with van der Waals surface area (Å²) in [6, 6.07) is 4.74. The summed E-state index contributed by atoms with van der Waals surface area (Å²) in [5.41, 5.74) is 0. The molecule has 7 nitrogen and oxygen atoms in total. The Balaban J connectivity index is 1.64. The van der Waals surface area contributed by atoms with Crippen LogP contribution in [0.25, 0.3) is 0 Å². The van der Waals surface area contributed by atoms with Crippen molar-refractivity contribution in [3.8, 4) is 11.5 Å². The first-order valence-corrected chi connectivity index (χ1v) is 11.4. The second kappa shape index (κ2) is 9.13. The molecule has 1 aliphatic heterocycles. The number of carbonyl (C=O) groups excluding carboxylic acids is 1. The van der Waals surface area contributed by atoms with Crippen molar-refractivity contribution < 1.29 is 22.7 Å². The van der Waals surface area contributed by atoms with Crippen molar-refractivity contribution in [1.29, 1.82) is 0 Å². The minimum absolute atomic E-state index is 0.0938. The number of hydrogen-bond donors (Lipinski definition) is 0. The highest BCUT2D eigenvalue weighted by Crippen LogP contribution is 2.31. The van der Waals surface area contributed by atoms with E-state index in [1.54, 1.807) is 12.1 Å². The maximum absolute atomic E-state index is 13.1. The van der Waals surface area contributed by atoms with E-state index >= 15 is 0 Å². The highest BCUT2D eigenvalue weighted by Gasteiger charge is 2.33. The second-order valence-corrected chi connectivity index (χ2v) is 9.42. The SMILES string of the molecule is COc1ccc(OC)c(S(=O)(=O)N2CCN(C(=O)CC3CCCCC3)CC2)c1. The van der Waals surface area contributed by atoms with Gasteiger partial charge in [0, 0.05) is 38.7 Å². The lowest BCUT2D eigenvalue weighted by Gasteiger charge is -2.35. The highest BCUT2D eigenvalue weighted by molar-refractivity contribution is 7.89. The number of benzene rings is 1. The van der Waals surface area contributed by atoms with E-state index < -0.39 is 10.0 Å². The topological polar surface area (TPSA) is 76.2 Å². The zero-order chi connectivity index (χ0) is 20.1. The monoisotopic (exact) mass is 410 g/mol. The molecule has 1 aliphatic carbocycles. The number of methoxy groups -OCH3 is 2. The molecule has 1 amide bonds. The Morgan fingerprint density at radius 1 is 1.04 bits per heavy atom. The average molecular weight is 411 g/mol. The average Bonchev–Trinajstić information content (AvgIpc) is 2.74. The van der Waals surface area contributed by atoms with Gasteiger partial charge in [0.15, 0.2) is 0 Å². The molecule has 0 spiro atoms. The quantitative estimate of drug-likeness (QED) is 0.720. The molecule has 0 bridgehead atoms. The van der Waals surface area contributed by atoms with Crippen molar-refractivity contribution in [2.24, 2.45) is 5.92 Å². The van der Waals surface area contributed by atoms with Gasteiger partial charge in [-0.1, -0.05) is 19.3 Å². The van der Waals surface area contributed by atoms with E-state index in [0.29, 0.717) is 44.3 Å². The minimum atomic E-state index is -3.72. The first-order valence-electron chi connectivity index (χ1n) is 9.95. The van der Waals surface area contributed by atoms with Gasteiger partial charge >= 0.3 is 0 Å². The summed E-state index contributed by atoms with van der Waals surface area (Å²) in [5, 5.41) is 0. The third kappa shape index (κ3) is 4.60. The van der Waals surface area contributed by atoms with Gasteiger partial charge in [0.25, 0.3) is 0 Å². The molecule has 8 heteroatoms. The number of hydrogen-bond acceptors (Lipinski definition) is 5. The first-order chi connectivity index (χ1) is 13.5. The van der Waals surface area contributed by atoms with Gasteiger partial charge in [0.2, 0.25) is 15.9 Å². The summed E-state index contributed by atoms with van der Waals surface area (Å²) >= 11 is 0. The van der Waals surface area contributed by atoms with Gasteiger partial charge in [0.1, 0.15) is 16.4 Å². The third-order valence-corrected chi connectivity index (χ3v) is 7.69. The van der Waals surface area contributed by atoms with E-state index in [1.807, 2.05) is 4.90 Å². The summed E-state index contributed by atoms with van der Waals surface area (Å²) < 4.78 is 38.1. The number of ether oxygens (including phenoxy) is 2. The van der Waals surface area contributed by atoms with Crippen molar-refractivity contribution in [2.75, 3.05) is 40.4 Å². The van der Waals surface area contributed by atoms with Crippen molar-refractivity contribution in [3.63, 3.8) is 0 Å². The zero-order valence-corrected chi connectivity index (χ0v) is 17.5. The van der Waals surface area contributed by atoms with Crippen LogP contribution in [0.3, 0.4) is 0 Å². The van der Waals surface area contributed by atoms with Gasteiger partial charge in [0.05, 0.1) is 14.2 Å². The summed E-state index contributed by atoms with van der Waals surface area (Å²) in [4.78, 5) is 14.5. The smallest absolute Gasteiger partial charge is 0.247 e. The first kappa shape index (κ1) is 20.9. The highest BCUT2D eigenvalue weighted by atomic mass is 32.2. The molecule has 2 aliphatic rings. The normalized spacial score (nSPS) is 19.4. The number of piperazine rings is 1. The Bertz CT molecular complexity index is 782. The van der Waals surface area contributed by atoms with Crippen molar-refractivity contribution in [2.45, 2.75) is 43.4 Å². The lowest BCUT2D eigenvalue weighted by atomic mass is 9.86. The number of rotatable bonds is 6. The Kier molecular flexibility index (Phi) is 6.82. The molecule has 1 saturated heterocycles. The molecule has 156 valence electrons. The Labute approximate surface area is 167 Å². The van der Waals surface area contributed by atoms with Gasteiger partial charge < -0.3 is 14.4 Å². The third-order valence-electron chi connectivity index (χ3n) is 5.77. The van der Waals surface area contributed by atoms with E-state index in [1.165, 1.54) is 43.9 Å². The molecule has 0 N–H and O–H groups in total. The van der Waals surface area contributed by atoms with E-state index in [2.05, 4.69) is 0 Å². The van der Waals surface area contributed by atoms with Crippen LogP contribution in [0, 0.1) is 5.92 Å². The van der Waals surface area contributed by atoms with Crippen LogP contribution < -0.4 is 9.47 Å². The summed E-state index contributed by atoms with van der Waals surface area (Å²) in [6.45, 7) is 1.44. The van der Waals surface area contributed by atoms with Gasteiger partial charge in [-0.2, -0.15) is 4.31 Å². The van der Waals surface area contributed by atoms with Crippen LogP contribution in [0.2, 0.25) is 0 Å².